The molecular formula is C21H35N3O7. The molecule has 2 N–H and O–H groups in total. The van der Waals surface area contributed by atoms with Gasteiger partial charge in [0.25, 0.3) is 0 Å². The number of carbonyl (C=O) groups is 3. The Morgan fingerprint density at radius 3 is 2.23 bits per heavy atom. The maximum Gasteiger partial charge on any atom is 0.435 e. The Bertz CT molecular complexity index is 707. The smallest absolute Gasteiger partial charge is 0.435 e. The zero-order valence-electron chi connectivity index (χ0n) is 19.5. The van der Waals surface area contributed by atoms with Gasteiger partial charge < -0.3 is 19.9 Å². The average molecular weight is 442 g/mol. The molecule has 1 aliphatic rings. The van der Waals surface area contributed by atoms with Gasteiger partial charge in [-0.1, -0.05) is 6.08 Å². The molecule has 176 valence electrons. The third-order valence-corrected chi connectivity index (χ3v) is 3.92. The van der Waals surface area contributed by atoms with E-state index in [1.54, 1.807) is 41.5 Å². The van der Waals surface area contributed by atoms with Crippen molar-refractivity contribution in [1.82, 2.24) is 9.96 Å². The molecule has 1 unspecified atom stereocenters. The molecule has 0 aromatic carbocycles. The summed E-state index contributed by atoms with van der Waals surface area (Å²) in [6, 6.07) is -1.88. The minimum Gasteiger partial charge on any atom is -0.444 e. The first-order chi connectivity index (χ1) is 14.2. The molecule has 1 rings (SSSR count). The summed E-state index contributed by atoms with van der Waals surface area (Å²) in [7, 11) is 1.47. The molecule has 0 fully saturated rings. The number of primary amides is 1. The van der Waals surface area contributed by atoms with E-state index in [-0.39, 0.29) is 19.8 Å². The lowest BCUT2D eigenvalue weighted by molar-refractivity contribution is -0.161. The Kier molecular flexibility index (Phi) is 9.07. The Balaban J connectivity index is 3.40. The number of nitrogens with two attached hydrogens (primary N) is 1. The van der Waals surface area contributed by atoms with Crippen LogP contribution in [0.1, 0.15) is 41.5 Å². The van der Waals surface area contributed by atoms with Crippen molar-refractivity contribution in [1.29, 1.82) is 0 Å². The lowest BCUT2D eigenvalue weighted by Crippen LogP contribution is -2.59. The van der Waals surface area contributed by atoms with Crippen molar-refractivity contribution in [2.45, 2.75) is 64.8 Å². The Morgan fingerprint density at radius 2 is 1.77 bits per heavy atom. The normalized spacial score (nSPS) is 19.3. The molecule has 0 aromatic heterocycles. The van der Waals surface area contributed by atoms with Crippen LogP contribution in [-0.2, 0) is 23.8 Å². The highest BCUT2D eigenvalue weighted by atomic mass is 16.7. The number of ether oxygens (including phenoxy) is 3. The van der Waals surface area contributed by atoms with Crippen LogP contribution in [-0.4, -0.2) is 78.2 Å². The van der Waals surface area contributed by atoms with Crippen LogP contribution in [0.5, 0.6) is 0 Å². The molecule has 3 amide bonds. The SMILES string of the molecule is C=CCON(C(=O)OC(C)(C)C)C1CN(C(=O)OC(C)(C)C)[C@H](C(N)=O)C=C1COC. The molecular weight excluding hydrogens is 406 g/mol. The highest BCUT2D eigenvalue weighted by Crippen LogP contribution is 2.26. The monoisotopic (exact) mass is 441 g/mol. The third kappa shape index (κ3) is 8.22. The first-order valence-electron chi connectivity index (χ1n) is 9.94. The first kappa shape index (κ1) is 26.4. The number of carbonyl (C=O) groups excluding carboxylic acids is 3. The number of methoxy groups -OCH3 is 1. The van der Waals surface area contributed by atoms with E-state index in [2.05, 4.69) is 6.58 Å². The second-order valence-corrected chi connectivity index (χ2v) is 9.06. The second-order valence-electron chi connectivity index (χ2n) is 9.06. The predicted octanol–water partition coefficient (Wildman–Crippen LogP) is 2.39. The van der Waals surface area contributed by atoms with Crippen LogP contribution in [0.25, 0.3) is 0 Å². The van der Waals surface area contributed by atoms with Gasteiger partial charge in [-0.2, -0.15) is 5.06 Å². The van der Waals surface area contributed by atoms with Gasteiger partial charge in [0.05, 0.1) is 19.8 Å². The molecule has 0 aliphatic carbocycles. The standard InChI is InChI=1S/C21H35N3O7/c1-9-10-29-24(19(27)31-21(5,6)7)16-12-23(18(26)30-20(2,3)4)15(17(22)25)11-14(16)13-28-8/h9,11,15-16H,1,10,12-13H2,2-8H3,(H2,22,25)/t15-,16?/m0/s1. The van der Waals surface area contributed by atoms with Crippen LogP contribution >= 0.6 is 0 Å². The topological polar surface area (TPSA) is 121 Å². The molecule has 0 aromatic rings. The van der Waals surface area contributed by atoms with Crippen molar-refractivity contribution in [3.8, 4) is 0 Å². The molecule has 1 heterocycles. The quantitative estimate of drug-likeness (QED) is 0.476. The van der Waals surface area contributed by atoms with Crippen LogP contribution in [0.15, 0.2) is 24.3 Å². The Hall–Kier alpha value is -2.59. The molecule has 0 spiro atoms. The van der Waals surface area contributed by atoms with E-state index in [0.29, 0.717) is 5.57 Å². The molecule has 0 radical (unpaired) electrons. The van der Waals surface area contributed by atoms with Crippen LogP contribution in [0, 0.1) is 0 Å². The van der Waals surface area contributed by atoms with Crippen molar-refractivity contribution in [3.63, 3.8) is 0 Å². The summed E-state index contributed by atoms with van der Waals surface area (Å²) in [6.45, 7) is 13.9. The van der Waals surface area contributed by atoms with Crippen LogP contribution in [0.4, 0.5) is 9.59 Å². The van der Waals surface area contributed by atoms with E-state index in [1.807, 2.05) is 0 Å². The van der Waals surface area contributed by atoms with E-state index in [1.165, 1.54) is 19.3 Å². The summed E-state index contributed by atoms with van der Waals surface area (Å²) in [5, 5.41) is 1.02. The minimum absolute atomic E-state index is 0.0156. The summed E-state index contributed by atoms with van der Waals surface area (Å²) >= 11 is 0. The summed E-state index contributed by atoms with van der Waals surface area (Å²) in [4.78, 5) is 44.5. The van der Waals surface area contributed by atoms with E-state index < -0.39 is 41.4 Å². The largest absolute Gasteiger partial charge is 0.444 e. The van der Waals surface area contributed by atoms with E-state index in [0.717, 1.165) is 9.96 Å². The number of hydroxylamine groups is 2. The number of amides is 3. The van der Waals surface area contributed by atoms with Gasteiger partial charge in [-0.15, -0.1) is 6.58 Å². The van der Waals surface area contributed by atoms with Gasteiger partial charge in [-0.05, 0) is 53.2 Å². The zero-order valence-corrected chi connectivity index (χ0v) is 19.5. The van der Waals surface area contributed by atoms with Crippen molar-refractivity contribution >= 4 is 18.1 Å². The minimum atomic E-state index is -1.07. The number of hydrogen-bond donors (Lipinski definition) is 1. The van der Waals surface area contributed by atoms with Crippen LogP contribution in [0.2, 0.25) is 0 Å². The highest BCUT2D eigenvalue weighted by molar-refractivity contribution is 5.87. The second kappa shape index (κ2) is 10.6. The lowest BCUT2D eigenvalue weighted by atomic mass is 9.97. The van der Waals surface area contributed by atoms with Crippen molar-refractivity contribution < 1.29 is 33.4 Å². The Labute approximate surface area is 183 Å². The predicted molar refractivity (Wildman–Crippen MR) is 114 cm³/mol. The van der Waals surface area contributed by atoms with Crippen molar-refractivity contribution in [3.05, 3.63) is 24.3 Å². The Morgan fingerprint density at radius 1 is 1.19 bits per heavy atom. The summed E-state index contributed by atoms with van der Waals surface area (Å²) < 4.78 is 16.1. The van der Waals surface area contributed by atoms with Gasteiger partial charge >= 0.3 is 12.2 Å². The van der Waals surface area contributed by atoms with Gasteiger partial charge in [-0.25, -0.2) is 9.59 Å². The molecule has 10 heteroatoms. The zero-order chi connectivity index (χ0) is 24.0. The summed E-state index contributed by atoms with van der Waals surface area (Å²) in [5.74, 6) is -0.742. The van der Waals surface area contributed by atoms with Crippen molar-refractivity contribution in [2.75, 3.05) is 26.9 Å². The van der Waals surface area contributed by atoms with Gasteiger partial charge in [0.15, 0.2) is 0 Å². The first-order valence-corrected chi connectivity index (χ1v) is 9.94. The maximum absolute atomic E-state index is 12.9. The lowest BCUT2D eigenvalue weighted by Gasteiger charge is -2.41. The molecule has 10 nitrogen and oxygen atoms in total. The fourth-order valence-electron chi connectivity index (χ4n) is 2.81. The fourth-order valence-corrected chi connectivity index (χ4v) is 2.81. The maximum atomic E-state index is 12.9. The fraction of sp³-hybridized carbons (Fsp3) is 0.667. The number of hydrogen-bond acceptors (Lipinski definition) is 7. The van der Waals surface area contributed by atoms with Crippen LogP contribution < -0.4 is 5.73 Å². The van der Waals surface area contributed by atoms with E-state index in [9.17, 15) is 14.4 Å². The van der Waals surface area contributed by atoms with Gasteiger partial charge in [-0.3, -0.25) is 14.5 Å². The summed E-state index contributed by atoms with van der Waals surface area (Å²) in [6.07, 6.45) is 1.45. The molecule has 1 aliphatic heterocycles. The average Bonchev–Trinajstić information content (AvgIpc) is 2.59. The molecule has 0 saturated carbocycles. The van der Waals surface area contributed by atoms with Crippen LogP contribution in [0.3, 0.4) is 0 Å². The number of rotatable bonds is 7. The molecule has 0 bridgehead atoms. The van der Waals surface area contributed by atoms with Gasteiger partial charge in [0.2, 0.25) is 5.91 Å². The van der Waals surface area contributed by atoms with E-state index >= 15 is 0 Å². The molecule has 0 saturated heterocycles. The van der Waals surface area contributed by atoms with Gasteiger partial charge in [0, 0.05) is 7.11 Å². The summed E-state index contributed by atoms with van der Waals surface area (Å²) in [5.41, 5.74) is 4.49. The number of nitrogens with zero attached hydrogens (tertiary/aromatic N) is 2. The highest BCUT2D eigenvalue weighted by Gasteiger charge is 2.42. The molecule has 2 atom stereocenters. The third-order valence-electron chi connectivity index (χ3n) is 3.92. The molecule has 31 heavy (non-hydrogen) atoms. The van der Waals surface area contributed by atoms with Gasteiger partial charge in [0.1, 0.15) is 23.3 Å². The van der Waals surface area contributed by atoms with Crippen molar-refractivity contribution in [2.24, 2.45) is 5.73 Å². The van der Waals surface area contributed by atoms with E-state index in [4.69, 9.17) is 24.8 Å².